The van der Waals surface area contributed by atoms with Gasteiger partial charge in [-0.25, -0.2) is 9.97 Å². The molecule has 0 bridgehead atoms. The van der Waals surface area contributed by atoms with Crippen molar-refractivity contribution >= 4 is 35.3 Å². The Kier molecular flexibility index (Phi) is 9.28. The van der Waals surface area contributed by atoms with Gasteiger partial charge in [0.2, 0.25) is 11.8 Å². The van der Waals surface area contributed by atoms with E-state index < -0.39 is 0 Å². The van der Waals surface area contributed by atoms with Crippen molar-refractivity contribution in [1.82, 2.24) is 29.7 Å². The number of aromatic amines is 2. The van der Waals surface area contributed by atoms with Gasteiger partial charge in [0.1, 0.15) is 11.6 Å². The van der Waals surface area contributed by atoms with E-state index in [1.54, 1.807) is 23.5 Å². The second-order valence-electron chi connectivity index (χ2n) is 12.6. The van der Waals surface area contributed by atoms with Gasteiger partial charge in [-0.3, -0.25) is 9.59 Å². The Morgan fingerprint density at radius 2 is 0.940 bits per heavy atom. The zero-order chi connectivity index (χ0) is 33.9. The number of benzene rings is 4. The van der Waals surface area contributed by atoms with Crippen LogP contribution in [0.25, 0.3) is 33.6 Å². The largest absolute Gasteiger partial charge is 0.340 e. The number of H-pyrrole nitrogens is 2. The van der Waals surface area contributed by atoms with Crippen LogP contribution in [0, 0.1) is 0 Å². The monoisotopic (exact) mass is 696 g/mol. The second kappa shape index (κ2) is 14.4. The maximum absolute atomic E-state index is 13.1. The van der Waals surface area contributed by atoms with Crippen LogP contribution in [0.4, 0.5) is 0 Å². The number of hydrogen-bond donors (Lipinski definition) is 2. The molecule has 2 aliphatic heterocycles. The zero-order valence-corrected chi connectivity index (χ0v) is 29.0. The quantitative estimate of drug-likeness (QED) is 0.160. The average Bonchev–Trinajstić information content (AvgIpc) is 3.99. The molecule has 10 heteroatoms. The first kappa shape index (κ1) is 32.2. The molecule has 2 aromatic heterocycles. The number of amides is 2. The van der Waals surface area contributed by atoms with E-state index >= 15 is 0 Å². The number of hydrogen-bond acceptors (Lipinski definition) is 6. The van der Waals surface area contributed by atoms with E-state index in [0.717, 1.165) is 67.9 Å². The number of aromatic nitrogens is 4. The van der Waals surface area contributed by atoms with Gasteiger partial charge in [-0.2, -0.15) is 0 Å². The predicted molar refractivity (Wildman–Crippen MR) is 201 cm³/mol. The van der Waals surface area contributed by atoms with Crippen molar-refractivity contribution < 1.29 is 9.59 Å². The van der Waals surface area contributed by atoms with Crippen molar-refractivity contribution in [3.63, 3.8) is 0 Å². The Balaban J connectivity index is 0.910. The number of rotatable bonds is 9. The molecule has 0 spiro atoms. The summed E-state index contributed by atoms with van der Waals surface area (Å²) in [5.74, 6) is 4.91. The van der Waals surface area contributed by atoms with Crippen LogP contribution in [-0.4, -0.2) is 64.8 Å². The minimum atomic E-state index is -0.0631. The van der Waals surface area contributed by atoms with Gasteiger partial charge in [0, 0.05) is 11.5 Å². The van der Waals surface area contributed by atoms with E-state index in [0.29, 0.717) is 24.6 Å². The molecule has 8 nitrogen and oxygen atoms in total. The fraction of sp³-hybridized carbons (Fsp3) is 0.200. The standard InChI is InChI=1S/C40H36N6O2S2/c47-37(19-27-7-3-1-4-8-27)45-25-49-23-35(45)39-41-21-33(43-39)31-15-11-29(12-16-31)30-13-17-32(18-14-30)34-22-42-40(44-34)36-24-50-26-46(36)38(48)20-28-9-5-2-6-10-28/h1-18,21-22,35-36H,19-20,23-26H2,(H,41,43)(H,42,44)/t35-,36?/m0/s1. The first-order valence-corrected chi connectivity index (χ1v) is 19.0. The summed E-state index contributed by atoms with van der Waals surface area (Å²) in [5, 5.41) is 0. The minimum absolute atomic E-state index is 0.0631. The Morgan fingerprint density at radius 1 is 0.560 bits per heavy atom. The molecule has 2 atom stereocenters. The highest BCUT2D eigenvalue weighted by atomic mass is 32.2. The van der Waals surface area contributed by atoms with Gasteiger partial charge >= 0.3 is 0 Å². The molecule has 4 aromatic carbocycles. The van der Waals surface area contributed by atoms with Crippen LogP contribution in [0.3, 0.4) is 0 Å². The number of nitrogens with zero attached hydrogens (tertiary/aromatic N) is 4. The third-order valence-electron chi connectivity index (χ3n) is 9.35. The molecule has 8 rings (SSSR count). The highest BCUT2D eigenvalue weighted by Gasteiger charge is 2.33. The van der Waals surface area contributed by atoms with Crippen LogP contribution >= 0.6 is 23.5 Å². The van der Waals surface area contributed by atoms with Crippen molar-refractivity contribution in [3.05, 3.63) is 144 Å². The fourth-order valence-corrected chi connectivity index (χ4v) is 8.94. The molecule has 0 saturated carbocycles. The Morgan fingerprint density at radius 3 is 1.34 bits per heavy atom. The van der Waals surface area contributed by atoms with Gasteiger partial charge in [-0.1, -0.05) is 109 Å². The number of nitrogens with one attached hydrogen (secondary N) is 2. The van der Waals surface area contributed by atoms with Crippen LogP contribution < -0.4 is 0 Å². The highest BCUT2D eigenvalue weighted by Crippen LogP contribution is 2.35. The lowest BCUT2D eigenvalue weighted by atomic mass is 10.0. The van der Waals surface area contributed by atoms with E-state index in [1.807, 2.05) is 82.9 Å². The van der Waals surface area contributed by atoms with Crippen LogP contribution in [0.15, 0.2) is 122 Å². The SMILES string of the molecule is O=C(Cc1ccccc1)N1CSCC1c1ncc(-c2ccc(-c3ccc(-c4cnc([C@@H]5CSCN5C(=O)Cc5ccccc5)[nH]4)cc3)cc2)[nH]1. The van der Waals surface area contributed by atoms with Gasteiger partial charge in [-0.05, 0) is 33.4 Å². The minimum Gasteiger partial charge on any atom is -0.340 e. The van der Waals surface area contributed by atoms with Crippen molar-refractivity contribution in [2.24, 2.45) is 0 Å². The van der Waals surface area contributed by atoms with Crippen molar-refractivity contribution in [2.75, 3.05) is 23.3 Å². The van der Waals surface area contributed by atoms with Crippen molar-refractivity contribution in [1.29, 1.82) is 0 Å². The van der Waals surface area contributed by atoms with E-state index in [2.05, 4.69) is 58.5 Å². The van der Waals surface area contributed by atoms with Crippen LogP contribution in [0.2, 0.25) is 0 Å². The van der Waals surface area contributed by atoms with E-state index in [1.165, 1.54) is 0 Å². The molecule has 2 saturated heterocycles. The number of thioether (sulfide) groups is 2. The molecule has 0 aliphatic carbocycles. The summed E-state index contributed by atoms with van der Waals surface area (Å²) >= 11 is 3.52. The molecule has 0 radical (unpaired) electrons. The second-order valence-corrected chi connectivity index (χ2v) is 14.6. The van der Waals surface area contributed by atoms with Crippen molar-refractivity contribution in [3.8, 4) is 33.6 Å². The third-order valence-corrected chi connectivity index (χ3v) is 11.4. The molecule has 2 aliphatic rings. The normalized spacial score (nSPS) is 17.4. The lowest BCUT2D eigenvalue weighted by Crippen LogP contribution is -2.32. The van der Waals surface area contributed by atoms with Crippen LogP contribution in [0.5, 0.6) is 0 Å². The Hall–Kier alpha value is -5.06. The predicted octanol–water partition coefficient (Wildman–Crippen LogP) is 7.77. The zero-order valence-electron chi connectivity index (χ0n) is 27.4. The molecule has 2 N–H and O–H groups in total. The van der Waals surface area contributed by atoms with Gasteiger partial charge < -0.3 is 19.8 Å². The van der Waals surface area contributed by atoms with Gasteiger partial charge in [-0.15, -0.1) is 23.5 Å². The van der Waals surface area contributed by atoms with Gasteiger partial charge in [0.15, 0.2) is 0 Å². The van der Waals surface area contributed by atoms with E-state index in [4.69, 9.17) is 9.97 Å². The molecule has 2 amide bonds. The Bertz CT molecular complexity index is 1930. The number of carbonyl (C=O) groups excluding carboxylic acids is 2. The number of imidazole rings is 2. The first-order valence-electron chi connectivity index (χ1n) is 16.7. The summed E-state index contributed by atoms with van der Waals surface area (Å²) in [6, 6.07) is 36.6. The Labute approximate surface area is 299 Å². The smallest absolute Gasteiger partial charge is 0.228 e. The summed E-state index contributed by atoms with van der Waals surface area (Å²) in [4.78, 5) is 46.6. The highest BCUT2D eigenvalue weighted by molar-refractivity contribution is 7.99. The van der Waals surface area contributed by atoms with Crippen molar-refractivity contribution in [2.45, 2.75) is 24.9 Å². The fourth-order valence-electron chi connectivity index (χ4n) is 6.56. The van der Waals surface area contributed by atoms with Crippen LogP contribution in [0.1, 0.15) is 34.9 Å². The lowest BCUT2D eigenvalue weighted by Gasteiger charge is -2.22. The summed E-state index contributed by atoms with van der Waals surface area (Å²) in [6.07, 6.45) is 4.52. The molecular formula is C40H36N6O2S2. The topological polar surface area (TPSA) is 98.0 Å². The van der Waals surface area contributed by atoms with Gasteiger partial charge in [0.05, 0.1) is 60.5 Å². The summed E-state index contributed by atoms with van der Waals surface area (Å²) < 4.78 is 0. The molecular weight excluding hydrogens is 661 g/mol. The molecule has 2 fully saturated rings. The molecule has 1 unspecified atom stereocenters. The maximum Gasteiger partial charge on any atom is 0.228 e. The maximum atomic E-state index is 13.1. The van der Waals surface area contributed by atoms with E-state index in [-0.39, 0.29) is 23.9 Å². The summed E-state index contributed by atoms with van der Waals surface area (Å²) in [5.41, 5.74) is 8.24. The van der Waals surface area contributed by atoms with E-state index in [9.17, 15) is 9.59 Å². The summed E-state index contributed by atoms with van der Waals surface area (Å²) in [6.45, 7) is 0. The van der Waals surface area contributed by atoms with Crippen LogP contribution in [-0.2, 0) is 22.4 Å². The molecule has 6 aromatic rings. The first-order chi connectivity index (χ1) is 24.6. The molecule has 4 heterocycles. The number of carbonyl (C=O) groups is 2. The molecule has 250 valence electrons. The third kappa shape index (κ3) is 6.86. The van der Waals surface area contributed by atoms with Gasteiger partial charge in [0.25, 0.3) is 0 Å². The lowest BCUT2D eigenvalue weighted by molar-refractivity contribution is -0.131. The molecule has 50 heavy (non-hydrogen) atoms. The average molecular weight is 697 g/mol. The summed E-state index contributed by atoms with van der Waals surface area (Å²) in [7, 11) is 0.